The maximum absolute atomic E-state index is 11.3. The van der Waals surface area contributed by atoms with Crippen LogP contribution >= 0.6 is 0 Å². The van der Waals surface area contributed by atoms with Gasteiger partial charge in [0.15, 0.2) is 0 Å². The first-order valence-corrected chi connectivity index (χ1v) is 9.60. The number of carbonyl (C=O) groups excluding carboxylic acids is 1. The Hall–Kier alpha value is 0.340. The second kappa shape index (κ2) is 15.8. The van der Waals surface area contributed by atoms with E-state index in [1.807, 2.05) is 0 Å². The largest absolute Gasteiger partial charge is 1.00 e. The van der Waals surface area contributed by atoms with Gasteiger partial charge in [-0.2, -0.15) is 8.42 Å². The van der Waals surface area contributed by atoms with E-state index < -0.39 is 22.4 Å². The summed E-state index contributed by atoms with van der Waals surface area (Å²) < 4.78 is 31.3. The van der Waals surface area contributed by atoms with Crippen molar-refractivity contribution in [2.75, 3.05) is 6.61 Å². The van der Waals surface area contributed by atoms with Gasteiger partial charge in [0, 0.05) is 0 Å². The number of carbonyl (C=O) groups is 1. The first-order chi connectivity index (χ1) is 10.4. The first-order valence-electron chi connectivity index (χ1n) is 8.27. The summed E-state index contributed by atoms with van der Waals surface area (Å²) in [6.07, 6.45) is 11.5. The van der Waals surface area contributed by atoms with Gasteiger partial charge in [-0.15, -0.1) is 0 Å². The minimum Gasteiger partial charge on any atom is -1.00 e. The van der Waals surface area contributed by atoms with Crippen molar-refractivity contribution in [1.29, 1.82) is 0 Å². The van der Waals surface area contributed by atoms with E-state index in [4.69, 9.17) is 5.73 Å². The molecule has 23 heavy (non-hydrogen) atoms. The molecule has 0 aromatic rings. The molecule has 0 heterocycles. The summed E-state index contributed by atoms with van der Waals surface area (Å²) in [4.78, 5) is 11.1. The third-order valence-corrected chi connectivity index (χ3v) is 4.11. The van der Waals surface area contributed by atoms with Crippen LogP contribution < -0.4 is 35.3 Å². The molecule has 0 saturated carbocycles. The monoisotopic (exact) mass is 361 g/mol. The number of unbranched alkanes of at least 4 members (excludes halogenated alkanes) is 9. The fourth-order valence-corrected chi connectivity index (χ4v) is 2.67. The van der Waals surface area contributed by atoms with Crippen LogP contribution in [0.2, 0.25) is 0 Å². The Labute approximate surface area is 165 Å². The molecule has 0 amide bonds. The molecule has 0 aliphatic carbocycles. The fraction of sp³-hybridized carbons (Fsp3) is 0.933. The Balaban J connectivity index is -0.00000220. The Morgan fingerprint density at radius 2 is 1.43 bits per heavy atom. The second-order valence-electron chi connectivity index (χ2n) is 5.60. The molecule has 0 aromatic heterocycles. The molecule has 0 saturated heterocycles. The third-order valence-electron chi connectivity index (χ3n) is 3.28. The zero-order valence-electron chi connectivity index (χ0n) is 15.9. The van der Waals surface area contributed by atoms with E-state index in [1.54, 1.807) is 0 Å². The van der Waals surface area contributed by atoms with Crippen LogP contribution in [-0.2, 0) is 23.6 Å². The molecule has 0 bridgehead atoms. The van der Waals surface area contributed by atoms with Crippen molar-refractivity contribution in [3.05, 3.63) is 0 Å². The Bertz CT molecular complexity index is 393. The van der Waals surface area contributed by atoms with Gasteiger partial charge < -0.3 is 11.3 Å². The summed E-state index contributed by atoms with van der Waals surface area (Å²) in [5.41, 5.74) is 5.21. The Morgan fingerprint density at radius 3 is 1.87 bits per heavy atom. The molecule has 0 aromatic carbocycles. The summed E-state index contributed by atoms with van der Waals surface area (Å²) in [6.45, 7) is 3.59. The van der Waals surface area contributed by atoms with Crippen LogP contribution in [0.4, 0.5) is 0 Å². The Morgan fingerprint density at radius 1 is 1.00 bits per heavy atom. The van der Waals surface area contributed by atoms with Crippen molar-refractivity contribution in [2.45, 2.75) is 84.1 Å². The summed E-state index contributed by atoms with van der Waals surface area (Å²) in [6, 6.07) is -0.990. The summed E-state index contributed by atoms with van der Waals surface area (Å²) in [7, 11) is -4.27. The van der Waals surface area contributed by atoms with Crippen LogP contribution in [-0.4, -0.2) is 27.0 Å². The SMILES string of the molecule is CCCCCCCCCCCCOS(=O)(=O)OC(=O)[C@H](C)N.[H-].[Na+]. The zero-order valence-corrected chi connectivity index (χ0v) is 17.7. The van der Waals surface area contributed by atoms with Gasteiger partial charge in [-0.05, 0) is 13.3 Å². The molecule has 0 radical (unpaired) electrons. The van der Waals surface area contributed by atoms with Crippen molar-refractivity contribution in [3.8, 4) is 0 Å². The predicted molar refractivity (Wildman–Crippen MR) is 87.6 cm³/mol. The van der Waals surface area contributed by atoms with E-state index in [0.29, 0.717) is 6.42 Å². The molecule has 0 aliphatic rings. The molecule has 6 nitrogen and oxygen atoms in total. The van der Waals surface area contributed by atoms with Gasteiger partial charge in [-0.1, -0.05) is 64.7 Å². The van der Waals surface area contributed by atoms with Gasteiger partial charge in [0.1, 0.15) is 6.04 Å². The Kier molecular flexibility index (Phi) is 17.6. The van der Waals surface area contributed by atoms with Crippen LogP contribution in [0, 0.1) is 0 Å². The van der Waals surface area contributed by atoms with E-state index in [1.165, 1.54) is 51.9 Å². The topological polar surface area (TPSA) is 95.7 Å². The summed E-state index contributed by atoms with van der Waals surface area (Å²) >= 11 is 0. The minimum atomic E-state index is -4.27. The maximum atomic E-state index is 11.3. The second-order valence-corrected chi connectivity index (χ2v) is 6.82. The molecule has 0 fully saturated rings. The summed E-state index contributed by atoms with van der Waals surface area (Å²) in [5.74, 6) is -1.01. The minimum absolute atomic E-state index is 0. The number of hydrogen-bond acceptors (Lipinski definition) is 6. The third kappa shape index (κ3) is 17.0. The van der Waals surface area contributed by atoms with E-state index in [0.717, 1.165) is 12.8 Å². The molecule has 0 aliphatic heterocycles. The molecular formula is C15H32NNaO5S. The van der Waals surface area contributed by atoms with Gasteiger partial charge in [0.05, 0.1) is 6.61 Å². The van der Waals surface area contributed by atoms with Crippen LogP contribution in [0.15, 0.2) is 0 Å². The van der Waals surface area contributed by atoms with Gasteiger partial charge in [0.2, 0.25) is 0 Å². The molecule has 134 valence electrons. The molecule has 8 heteroatoms. The van der Waals surface area contributed by atoms with E-state index in [-0.39, 0.29) is 37.6 Å². The smallest absolute Gasteiger partial charge is 1.00 e. The van der Waals surface area contributed by atoms with E-state index in [9.17, 15) is 13.2 Å². The van der Waals surface area contributed by atoms with Crippen molar-refractivity contribution in [1.82, 2.24) is 0 Å². The van der Waals surface area contributed by atoms with Gasteiger partial charge in [-0.3, -0.25) is 0 Å². The molecule has 2 N–H and O–H groups in total. The molecule has 1 atom stereocenters. The summed E-state index contributed by atoms with van der Waals surface area (Å²) in [5, 5.41) is 0. The molecule has 0 spiro atoms. The van der Waals surface area contributed by atoms with E-state index >= 15 is 0 Å². The molecular weight excluding hydrogens is 329 g/mol. The van der Waals surface area contributed by atoms with Crippen molar-refractivity contribution in [2.24, 2.45) is 5.73 Å². The van der Waals surface area contributed by atoms with E-state index in [2.05, 4.69) is 15.3 Å². The van der Waals surface area contributed by atoms with Crippen LogP contribution in [0.1, 0.15) is 79.5 Å². The molecule has 0 unspecified atom stereocenters. The van der Waals surface area contributed by atoms with Crippen LogP contribution in [0.3, 0.4) is 0 Å². The maximum Gasteiger partial charge on any atom is 1.00 e. The fourth-order valence-electron chi connectivity index (χ4n) is 1.95. The zero-order chi connectivity index (χ0) is 16.8. The average molecular weight is 361 g/mol. The standard InChI is InChI=1S/C15H31NO5S.Na.H/c1-3-4-5-6-7-8-9-10-11-12-13-20-22(18,19)21-15(17)14(2)16;;/h14H,3-13,16H2,1-2H3;;/q;+1;-1/t14-;;/m0../s1. The van der Waals surface area contributed by atoms with Crippen LogP contribution in [0.5, 0.6) is 0 Å². The normalized spacial score (nSPS) is 12.5. The number of nitrogens with two attached hydrogens (primary N) is 1. The predicted octanol–water partition coefficient (Wildman–Crippen LogP) is 0.176. The van der Waals surface area contributed by atoms with Crippen LogP contribution in [0.25, 0.3) is 0 Å². The first kappa shape index (κ1) is 25.6. The van der Waals surface area contributed by atoms with Gasteiger partial charge in [-0.25, -0.2) is 8.98 Å². The quantitative estimate of drug-likeness (QED) is 0.350. The van der Waals surface area contributed by atoms with Crippen molar-refractivity contribution < 1.29 is 52.6 Å². The number of hydrogen-bond donors (Lipinski definition) is 1. The molecule has 0 rings (SSSR count). The number of rotatable bonds is 14. The van der Waals surface area contributed by atoms with Crippen molar-refractivity contribution >= 4 is 16.4 Å². The van der Waals surface area contributed by atoms with Crippen molar-refractivity contribution in [3.63, 3.8) is 0 Å². The van der Waals surface area contributed by atoms with Gasteiger partial charge in [0.25, 0.3) is 0 Å². The average Bonchev–Trinajstić information content (AvgIpc) is 2.44. The van der Waals surface area contributed by atoms with Gasteiger partial charge >= 0.3 is 45.9 Å².